The van der Waals surface area contributed by atoms with Crippen molar-refractivity contribution in [2.24, 2.45) is 11.7 Å². The minimum atomic E-state index is -0.994. The van der Waals surface area contributed by atoms with Gasteiger partial charge in [0, 0.05) is 20.2 Å². The predicted octanol–water partition coefficient (Wildman–Crippen LogP) is 2.17. The number of hydrogen-bond acceptors (Lipinski definition) is 3. The number of carbonyl (C=O) groups excluding carboxylic acids is 1. The quantitative estimate of drug-likeness (QED) is 0.785. The molecule has 21 heavy (non-hydrogen) atoms. The Labute approximate surface area is 133 Å². The molecule has 0 saturated heterocycles. The molecule has 2 rings (SSSR count). The highest BCUT2D eigenvalue weighted by Crippen LogP contribution is 2.28. The van der Waals surface area contributed by atoms with E-state index in [0.29, 0.717) is 13.2 Å². The van der Waals surface area contributed by atoms with Crippen molar-refractivity contribution in [3.8, 4) is 0 Å². The zero-order chi connectivity index (χ0) is 14.6. The SMILES string of the molecule is CN(CCOCC1CC1)C(=O)C(C)(N)c1ccccc1.Cl. The highest BCUT2D eigenvalue weighted by atomic mass is 35.5. The summed E-state index contributed by atoms with van der Waals surface area (Å²) in [7, 11) is 1.77. The number of likely N-dealkylation sites (N-methyl/N-ethyl adjacent to an activating group) is 1. The van der Waals surface area contributed by atoms with Crippen molar-refractivity contribution in [3.05, 3.63) is 35.9 Å². The highest BCUT2D eigenvalue weighted by molar-refractivity contribution is 5.86. The van der Waals surface area contributed by atoms with Crippen molar-refractivity contribution < 1.29 is 9.53 Å². The van der Waals surface area contributed by atoms with Crippen LogP contribution in [0.15, 0.2) is 30.3 Å². The lowest BCUT2D eigenvalue weighted by Crippen LogP contribution is -2.50. The Bertz CT molecular complexity index is 447. The van der Waals surface area contributed by atoms with Gasteiger partial charge in [0.05, 0.1) is 6.61 Å². The normalized spacial score (nSPS) is 16.7. The minimum Gasteiger partial charge on any atom is -0.379 e. The second-order valence-electron chi connectivity index (χ2n) is 5.81. The van der Waals surface area contributed by atoms with E-state index >= 15 is 0 Å². The molecule has 1 aromatic rings. The number of nitrogens with zero attached hydrogens (tertiary/aromatic N) is 1. The van der Waals surface area contributed by atoms with Gasteiger partial charge in [-0.1, -0.05) is 30.3 Å². The lowest BCUT2D eigenvalue weighted by molar-refractivity contribution is -0.136. The fraction of sp³-hybridized carbons (Fsp3) is 0.562. The van der Waals surface area contributed by atoms with Crippen LogP contribution in [-0.2, 0) is 15.1 Å². The Morgan fingerprint density at radius 2 is 2.00 bits per heavy atom. The first-order valence-electron chi connectivity index (χ1n) is 7.19. The standard InChI is InChI=1S/C16H24N2O2.ClH/c1-16(17,14-6-4-3-5-7-14)15(19)18(2)10-11-20-12-13-8-9-13;/h3-7,13H,8-12,17H2,1-2H3;1H. The summed E-state index contributed by atoms with van der Waals surface area (Å²) in [6.45, 7) is 3.72. The number of rotatable bonds is 7. The molecule has 0 heterocycles. The maximum Gasteiger partial charge on any atom is 0.246 e. The number of benzene rings is 1. The molecule has 4 nitrogen and oxygen atoms in total. The Hall–Kier alpha value is -1.10. The molecule has 0 spiro atoms. The molecule has 1 unspecified atom stereocenters. The molecule has 1 atom stereocenters. The van der Waals surface area contributed by atoms with Crippen LogP contribution in [0.4, 0.5) is 0 Å². The molecule has 1 fully saturated rings. The van der Waals surface area contributed by atoms with Crippen LogP contribution in [0.3, 0.4) is 0 Å². The fourth-order valence-corrected chi connectivity index (χ4v) is 2.14. The molecule has 1 amide bonds. The summed E-state index contributed by atoms with van der Waals surface area (Å²) in [6.07, 6.45) is 2.56. The predicted molar refractivity (Wildman–Crippen MR) is 86.4 cm³/mol. The van der Waals surface area contributed by atoms with Crippen molar-refractivity contribution in [2.45, 2.75) is 25.3 Å². The van der Waals surface area contributed by atoms with E-state index in [0.717, 1.165) is 18.1 Å². The van der Waals surface area contributed by atoms with Crippen LogP contribution in [-0.4, -0.2) is 37.6 Å². The van der Waals surface area contributed by atoms with Crippen molar-refractivity contribution in [1.82, 2.24) is 4.90 Å². The summed E-state index contributed by atoms with van der Waals surface area (Å²) in [6, 6.07) is 9.48. The molecule has 2 N–H and O–H groups in total. The summed E-state index contributed by atoms with van der Waals surface area (Å²) in [5.74, 6) is 0.666. The first-order chi connectivity index (χ1) is 9.51. The Morgan fingerprint density at radius 1 is 1.38 bits per heavy atom. The average Bonchev–Trinajstić information content (AvgIpc) is 3.27. The molecule has 0 aromatic heterocycles. The van der Waals surface area contributed by atoms with Gasteiger partial charge in [-0.15, -0.1) is 12.4 Å². The van der Waals surface area contributed by atoms with Crippen molar-refractivity contribution in [2.75, 3.05) is 26.8 Å². The van der Waals surface area contributed by atoms with E-state index in [9.17, 15) is 4.79 Å². The second-order valence-corrected chi connectivity index (χ2v) is 5.81. The van der Waals surface area contributed by atoms with Gasteiger partial charge >= 0.3 is 0 Å². The zero-order valence-electron chi connectivity index (χ0n) is 12.7. The second kappa shape index (κ2) is 7.78. The summed E-state index contributed by atoms with van der Waals surface area (Å²) < 4.78 is 5.56. The van der Waals surface area contributed by atoms with Gasteiger partial charge in [0.25, 0.3) is 0 Å². The molecule has 5 heteroatoms. The zero-order valence-corrected chi connectivity index (χ0v) is 13.6. The number of carbonyl (C=O) groups is 1. The van der Waals surface area contributed by atoms with Crippen LogP contribution in [0.2, 0.25) is 0 Å². The number of amides is 1. The minimum absolute atomic E-state index is 0. The van der Waals surface area contributed by atoms with Crippen LogP contribution < -0.4 is 5.73 Å². The van der Waals surface area contributed by atoms with E-state index in [1.165, 1.54) is 12.8 Å². The summed E-state index contributed by atoms with van der Waals surface area (Å²) in [5.41, 5.74) is 6.05. The monoisotopic (exact) mass is 312 g/mol. The maximum absolute atomic E-state index is 12.5. The number of hydrogen-bond donors (Lipinski definition) is 1. The maximum atomic E-state index is 12.5. The number of ether oxygens (including phenoxy) is 1. The van der Waals surface area contributed by atoms with E-state index in [2.05, 4.69) is 0 Å². The first kappa shape index (κ1) is 18.0. The summed E-state index contributed by atoms with van der Waals surface area (Å²) in [5, 5.41) is 0. The van der Waals surface area contributed by atoms with Gasteiger partial charge in [-0.25, -0.2) is 0 Å². The Morgan fingerprint density at radius 3 is 2.57 bits per heavy atom. The molecule has 0 aliphatic heterocycles. The topological polar surface area (TPSA) is 55.6 Å². The van der Waals surface area contributed by atoms with E-state index in [-0.39, 0.29) is 18.3 Å². The van der Waals surface area contributed by atoms with Crippen molar-refractivity contribution >= 4 is 18.3 Å². The van der Waals surface area contributed by atoms with Crippen LogP contribution in [0.25, 0.3) is 0 Å². The van der Waals surface area contributed by atoms with E-state index in [4.69, 9.17) is 10.5 Å². The number of nitrogens with two attached hydrogens (primary N) is 1. The first-order valence-corrected chi connectivity index (χ1v) is 7.19. The van der Waals surface area contributed by atoms with Crippen molar-refractivity contribution in [1.29, 1.82) is 0 Å². The lowest BCUT2D eigenvalue weighted by atomic mass is 9.92. The molecule has 1 aromatic carbocycles. The highest BCUT2D eigenvalue weighted by Gasteiger charge is 2.32. The molecule has 1 aliphatic rings. The average molecular weight is 313 g/mol. The molecule has 1 saturated carbocycles. The van der Waals surface area contributed by atoms with Gasteiger partial charge in [-0.2, -0.15) is 0 Å². The molecule has 0 radical (unpaired) electrons. The van der Waals surface area contributed by atoms with Gasteiger partial charge in [-0.05, 0) is 31.2 Å². The van der Waals surface area contributed by atoms with Crippen LogP contribution in [0.5, 0.6) is 0 Å². The smallest absolute Gasteiger partial charge is 0.246 e. The third-order valence-corrected chi connectivity index (χ3v) is 3.79. The van der Waals surface area contributed by atoms with Gasteiger partial charge in [-0.3, -0.25) is 4.79 Å². The molecule has 1 aliphatic carbocycles. The van der Waals surface area contributed by atoms with Crippen LogP contribution in [0.1, 0.15) is 25.3 Å². The van der Waals surface area contributed by atoms with Gasteiger partial charge in [0.2, 0.25) is 5.91 Å². The van der Waals surface area contributed by atoms with Crippen LogP contribution in [0, 0.1) is 5.92 Å². The molecular formula is C16H25ClN2O2. The lowest BCUT2D eigenvalue weighted by Gasteiger charge is -2.29. The Kier molecular flexibility index (Phi) is 6.65. The van der Waals surface area contributed by atoms with Gasteiger partial charge in [0.15, 0.2) is 0 Å². The number of halogens is 1. The van der Waals surface area contributed by atoms with Gasteiger partial charge in [0.1, 0.15) is 5.54 Å². The Balaban J connectivity index is 0.00000220. The van der Waals surface area contributed by atoms with Gasteiger partial charge < -0.3 is 15.4 Å². The van der Waals surface area contributed by atoms with Crippen LogP contribution >= 0.6 is 12.4 Å². The van der Waals surface area contributed by atoms with E-state index < -0.39 is 5.54 Å². The summed E-state index contributed by atoms with van der Waals surface area (Å²) in [4.78, 5) is 14.1. The molecule has 0 bridgehead atoms. The third-order valence-electron chi connectivity index (χ3n) is 3.79. The third kappa shape index (κ3) is 4.99. The molecular weight excluding hydrogens is 288 g/mol. The van der Waals surface area contributed by atoms with Crippen molar-refractivity contribution in [3.63, 3.8) is 0 Å². The fourth-order valence-electron chi connectivity index (χ4n) is 2.14. The van der Waals surface area contributed by atoms with E-state index in [1.807, 2.05) is 30.3 Å². The molecule has 118 valence electrons. The van der Waals surface area contributed by atoms with E-state index in [1.54, 1.807) is 18.9 Å². The largest absolute Gasteiger partial charge is 0.379 e. The summed E-state index contributed by atoms with van der Waals surface area (Å²) >= 11 is 0.